The van der Waals surface area contributed by atoms with Crippen LogP contribution in [0.4, 0.5) is 10.1 Å². The Kier molecular flexibility index (Phi) is 8.06. The Balaban J connectivity index is 2.47. The fraction of sp³-hybridized carbons (Fsp3) is 0.350. The maximum absolute atomic E-state index is 13.1. The van der Waals surface area contributed by atoms with Crippen molar-refractivity contribution in [2.75, 3.05) is 24.7 Å². The largest absolute Gasteiger partial charge is 0.455 e. The van der Waals surface area contributed by atoms with Crippen LogP contribution in [-0.4, -0.2) is 43.2 Å². The van der Waals surface area contributed by atoms with Crippen LogP contribution < -0.4 is 10.1 Å². The summed E-state index contributed by atoms with van der Waals surface area (Å²) in [5.41, 5.74) is 0.230. The normalized spacial score (nSPS) is 12.6. The lowest BCUT2D eigenvalue weighted by atomic mass is 10.2. The number of nitrogens with zero attached hydrogens (tertiary/aromatic N) is 1. The second-order valence-corrected chi connectivity index (χ2v) is 9.29. The minimum Gasteiger partial charge on any atom is -0.455 e. The van der Waals surface area contributed by atoms with Gasteiger partial charge in [-0.3, -0.25) is 4.79 Å². The van der Waals surface area contributed by atoms with E-state index >= 15 is 0 Å². The summed E-state index contributed by atoms with van der Waals surface area (Å²) in [6, 6.07) is 9.71. The molecule has 2 rings (SSSR count). The van der Waals surface area contributed by atoms with E-state index in [2.05, 4.69) is 5.32 Å². The van der Waals surface area contributed by atoms with Crippen LogP contribution in [0.1, 0.15) is 20.8 Å². The fourth-order valence-electron chi connectivity index (χ4n) is 2.54. The van der Waals surface area contributed by atoms with Crippen LogP contribution in [0.15, 0.2) is 47.4 Å². The van der Waals surface area contributed by atoms with Gasteiger partial charge in [0.15, 0.2) is 5.75 Å². The smallest absolute Gasteiger partial charge is 0.243 e. The van der Waals surface area contributed by atoms with Crippen LogP contribution in [0.2, 0.25) is 0 Å². The molecule has 2 aromatic rings. The van der Waals surface area contributed by atoms with Crippen LogP contribution >= 0.6 is 11.8 Å². The number of carbonyl (C=O) groups is 1. The van der Waals surface area contributed by atoms with Gasteiger partial charge in [0, 0.05) is 13.1 Å². The van der Waals surface area contributed by atoms with E-state index in [-0.39, 0.29) is 27.5 Å². The first-order valence-corrected chi connectivity index (χ1v) is 11.9. The molecule has 0 heterocycles. The number of halogens is 1. The first-order chi connectivity index (χ1) is 13.7. The standard InChI is InChI=1S/C20H25FN2O4S2/c1-5-23(6-2)29(25,26)17-11-12-19(27-16-9-7-15(21)8-10-16)18(13-17)22-20(24)14(3)28-4/h7-14H,5-6H2,1-4H3,(H,22,24). The number of rotatable bonds is 9. The molecule has 2 aromatic carbocycles. The van der Waals surface area contributed by atoms with Crippen molar-refractivity contribution in [1.29, 1.82) is 0 Å². The Morgan fingerprint density at radius 1 is 1.17 bits per heavy atom. The van der Waals surface area contributed by atoms with Gasteiger partial charge in [-0.1, -0.05) is 13.8 Å². The summed E-state index contributed by atoms with van der Waals surface area (Å²) in [5, 5.41) is 2.40. The molecule has 9 heteroatoms. The van der Waals surface area contributed by atoms with Crippen LogP contribution in [0.25, 0.3) is 0 Å². The number of carbonyl (C=O) groups excluding carboxylic acids is 1. The third kappa shape index (κ3) is 5.71. The molecule has 1 unspecified atom stereocenters. The Hall–Kier alpha value is -2.10. The lowest BCUT2D eigenvalue weighted by Gasteiger charge is -2.20. The summed E-state index contributed by atoms with van der Waals surface area (Å²) >= 11 is 1.36. The second-order valence-electron chi connectivity index (χ2n) is 6.17. The van der Waals surface area contributed by atoms with E-state index in [1.54, 1.807) is 27.0 Å². The van der Waals surface area contributed by atoms with Crippen molar-refractivity contribution < 1.29 is 22.3 Å². The monoisotopic (exact) mass is 440 g/mol. The Morgan fingerprint density at radius 2 is 1.79 bits per heavy atom. The molecule has 0 fully saturated rings. The number of amides is 1. The van der Waals surface area contributed by atoms with Gasteiger partial charge in [0.2, 0.25) is 15.9 Å². The summed E-state index contributed by atoms with van der Waals surface area (Å²) < 4.78 is 46.0. The highest BCUT2D eigenvalue weighted by atomic mass is 32.2. The average Bonchev–Trinajstić information content (AvgIpc) is 2.70. The van der Waals surface area contributed by atoms with Crippen molar-refractivity contribution in [3.8, 4) is 11.5 Å². The van der Waals surface area contributed by atoms with Crippen molar-refractivity contribution in [2.45, 2.75) is 30.9 Å². The number of hydrogen-bond acceptors (Lipinski definition) is 5. The molecule has 1 atom stereocenters. The van der Waals surface area contributed by atoms with Crippen molar-refractivity contribution in [3.63, 3.8) is 0 Å². The number of hydrogen-bond donors (Lipinski definition) is 1. The maximum Gasteiger partial charge on any atom is 0.243 e. The highest BCUT2D eigenvalue weighted by Crippen LogP contribution is 2.33. The van der Waals surface area contributed by atoms with E-state index in [0.29, 0.717) is 18.8 Å². The minimum absolute atomic E-state index is 0.0553. The zero-order valence-electron chi connectivity index (χ0n) is 16.8. The molecule has 0 radical (unpaired) electrons. The van der Waals surface area contributed by atoms with E-state index in [1.165, 1.54) is 58.5 Å². The van der Waals surface area contributed by atoms with Gasteiger partial charge in [-0.2, -0.15) is 16.1 Å². The molecule has 1 N–H and O–H groups in total. The topological polar surface area (TPSA) is 75.7 Å². The molecular formula is C20H25FN2O4S2. The molecule has 0 saturated carbocycles. The van der Waals surface area contributed by atoms with E-state index in [4.69, 9.17) is 4.74 Å². The summed E-state index contributed by atoms with van der Waals surface area (Å²) in [6.07, 6.45) is 1.81. The quantitative estimate of drug-likeness (QED) is 0.628. The van der Waals surface area contributed by atoms with Crippen molar-refractivity contribution in [3.05, 3.63) is 48.3 Å². The molecule has 1 amide bonds. The number of nitrogens with one attached hydrogen (secondary N) is 1. The predicted molar refractivity (Wildman–Crippen MR) is 115 cm³/mol. The Labute approximate surface area is 175 Å². The van der Waals surface area contributed by atoms with Crippen LogP contribution in [-0.2, 0) is 14.8 Å². The molecule has 6 nitrogen and oxygen atoms in total. The predicted octanol–water partition coefficient (Wildman–Crippen LogP) is 4.34. The Morgan fingerprint density at radius 3 is 2.34 bits per heavy atom. The van der Waals surface area contributed by atoms with Gasteiger partial charge < -0.3 is 10.1 Å². The Bertz CT molecular complexity index is 945. The summed E-state index contributed by atoms with van der Waals surface area (Å²) in [4.78, 5) is 12.5. The molecule has 0 spiro atoms. The molecule has 0 aliphatic carbocycles. The van der Waals surface area contributed by atoms with Gasteiger partial charge in [-0.15, -0.1) is 0 Å². The number of anilines is 1. The SMILES string of the molecule is CCN(CC)S(=O)(=O)c1ccc(Oc2ccc(F)cc2)c(NC(=O)C(C)SC)c1. The number of thioether (sulfide) groups is 1. The minimum atomic E-state index is -3.71. The van der Waals surface area contributed by atoms with Gasteiger partial charge in [0.25, 0.3) is 0 Å². The second kappa shape index (κ2) is 10.1. The van der Waals surface area contributed by atoms with Crippen LogP contribution in [0.3, 0.4) is 0 Å². The van der Waals surface area contributed by atoms with Gasteiger partial charge in [-0.05, 0) is 55.6 Å². The number of benzene rings is 2. The maximum atomic E-state index is 13.1. The molecule has 0 aliphatic rings. The molecule has 0 aromatic heterocycles. The van der Waals surface area contributed by atoms with Crippen LogP contribution in [0.5, 0.6) is 11.5 Å². The molecule has 158 valence electrons. The van der Waals surface area contributed by atoms with E-state index in [9.17, 15) is 17.6 Å². The summed E-state index contributed by atoms with van der Waals surface area (Å²) in [6.45, 7) is 5.93. The first kappa shape index (κ1) is 23.2. The van der Waals surface area contributed by atoms with E-state index in [0.717, 1.165) is 0 Å². The zero-order chi connectivity index (χ0) is 21.6. The van der Waals surface area contributed by atoms with Crippen molar-refractivity contribution in [2.24, 2.45) is 0 Å². The van der Waals surface area contributed by atoms with Gasteiger partial charge in [0.05, 0.1) is 15.8 Å². The third-order valence-electron chi connectivity index (χ3n) is 4.32. The highest BCUT2D eigenvalue weighted by Gasteiger charge is 2.24. The van der Waals surface area contributed by atoms with Gasteiger partial charge in [0.1, 0.15) is 11.6 Å². The first-order valence-electron chi connectivity index (χ1n) is 9.14. The number of sulfonamides is 1. The van der Waals surface area contributed by atoms with Gasteiger partial charge >= 0.3 is 0 Å². The fourth-order valence-corrected chi connectivity index (χ4v) is 4.30. The van der Waals surface area contributed by atoms with E-state index < -0.39 is 15.8 Å². The molecule has 0 bridgehead atoms. The van der Waals surface area contributed by atoms with Crippen LogP contribution in [0, 0.1) is 5.82 Å². The summed E-state index contributed by atoms with van der Waals surface area (Å²) in [7, 11) is -3.71. The zero-order valence-corrected chi connectivity index (χ0v) is 18.4. The molecule has 0 aliphatic heterocycles. The lowest BCUT2D eigenvalue weighted by molar-refractivity contribution is -0.115. The lowest BCUT2D eigenvalue weighted by Crippen LogP contribution is -2.30. The van der Waals surface area contributed by atoms with Gasteiger partial charge in [-0.25, -0.2) is 12.8 Å². The highest BCUT2D eigenvalue weighted by molar-refractivity contribution is 7.99. The number of ether oxygens (including phenoxy) is 1. The van der Waals surface area contributed by atoms with Crippen molar-refractivity contribution in [1.82, 2.24) is 4.31 Å². The molecule has 0 saturated heterocycles. The average molecular weight is 441 g/mol. The molecular weight excluding hydrogens is 415 g/mol. The molecule has 29 heavy (non-hydrogen) atoms. The third-order valence-corrected chi connectivity index (χ3v) is 7.28. The van der Waals surface area contributed by atoms with Crippen molar-refractivity contribution >= 4 is 33.4 Å². The van der Waals surface area contributed by atoms with E-state index in [1.807, 2.05) is 0 Å². The summed E-state index contributed by atoms with van der Waals surface area (Å²) in [5.74, 6) is -0.0601.